The van der Waals surface area contributed by atoms with E-state index in [4.69, 9.17) is 28.7 Å². The van der Waals surface area contributed by atoms with E-state index < -0.39 is 0 Å². The third kappa shape index (κ3) is 14.1. The number of carbonyl (C=O) groups is 3. The Morgan fingerprint density at radius 1 is 1.15 bits per heavy atom. The minimum absolute atomic E-state index is 0.250. The van der Waals surface area contributed by atoms with Gasteiger partial charge in [0.05, 0.1) is 20.3 Å². The Kier molecular flexibility index (Phi) is 20.6. The molecule has 1 aromatic carbocycles. The van der Waals surface area contributed by atoms with Crippen LogP contribution >= 0.6 is 11.8 Å². The number of hydrogen-bond acceptors (Lipinski definition) is 11. The molecule has 0 spiro atoms. The van der Waals surface area contributed by atoms with E-state index in [-0.39, 0.29) is 6.41 Å². The standard InChI is InChI=1S/C10H11NOS.C7H11N3O2.C2H4O.CH3NO.CH2O/c1-8-4-2-3-5-9(8)10-11-12-6-7-13-10;1-8-7-9-5(11-2)4-6(10-7)12-3;1-2-3;2-1-3;1-2/h2-5H,6-7H2,1H3;4H,1-3H3,(H,8,9,10);2H,1H3;1H,(H2,2,3);1H2. The van der Waals surface area contributed by atoms with Crippen molar-refractivity contribution in [2.24, 2.45) is 10.9 Å². The monoisotopic (exact) mass is 481 g/mol. The van der Waals surface area contributed by atoms with Crippen LogP contribution in [0.4, 0.5) is 5.95 Å². The Labute approximate surface area is 198 Å². The molecule has 1 aliphatic heterocycles. The predicted octanol–water partition coefficient (Wildman–Crippen LogP) is 2.08. The van der Waals surface area contributed by atoms with E-state index in [1.807, 2.05) is 18.9 Å². The van der Waals surface area contributed by atoms with Gasteiger partial charge in [-0.2, -0.15) is 9.97 Å². The number of benzene rings is 1. The normalized spacial score (nSPS) is 10.6. The number of ether oxygens (including phenoxy) is 2. The molecule has 1 amide bonds. The number of hydrogen-bond donors (Lipinski definition) is 2. The van der Waals surface area contributed by atoms with Gasteiger partial charge in [-0.25, -0.2) is 0 Å². The zero-order chi connectivity index (χ0) is 25.5. The van der Waals surface area contributed by atoms with Gasteiger partial charge in [0.15, 0.2) is 0 Å². The number of nitrogens with zero attached hydrogens (tertiary/aromatic N) is 3. The van der Waals surface area contributed by atoms with Crippen molar-refractivity contribution in [3.05, 3.63) is 41.5 Å². The number of oxime groups is 1. The minimum atomic E-state index is 0.250. The van der Waals surface area contributed by atoms with Gasteiger partial charge in [-0.3, -0.25) is 4.79 Å². The molecule has 0 bridgehead atoms. The summed E-state index contributed by atoms with van der Waals surface area (Å²) in [5.41, 5.74) is 6.60. The predicted molar refractivity (Wildman–Crippen MR) is 130 cm³/mol. The summed E-state index contributed by atoms with van der Waals surface area (Å²) in [4.78, 5) is 38.4. The van der Waals surface area contributed by atoms with Gasteiger partial charge in [0, 0.05) is 18.4 Å². The van der Waals surface area contributed by atoms with Crippen molar-refractivity contribution in [3.63, 3.8) is 0 Å². The molecule has 3 rings (SSSR count). The van der Waals surface area contributed by atoms with Gasteiger partial charge in [0.1, 0.15) is 24.7 Å². The Hall–Kier alpha value is -3.67. The fourth-order valence-electron chi connectivity index (χ4n) is 1.97. The number of thioether (sulfide) groups is 1. The quantitative estimate of drug-likeness (QED) is 0.620. The molecule has 2 heterocycles. The molecule has 1 aromatic heterocycles. The SMILES string of the molecule is C=O.CC=O.CNc1nc(OC)cc(OC)n1.Cc1ccccc1C1=NOCCS1.NC=O. The zero-order valence-electron chi connectivity index (χ0n) is 19.4. The Balaban J connectivity index is 0. The average Bonchev–Trinajstić information content (AvgIpc) is 2.87. The fourth-order valence-corrected chi connectivity index (χ4v) is 2.81. The number of aryl methyl sites for hydroxylation is 1. The Morgan fingerprint density at radius 3 is 2.06 bits per heavy atom. The molecule has 0 saturated heterocycles. The first kappa shape index (κ1) is 31.5. The van der Waals surface area contributed by atoms with Gasteiger partial charge >= 0.3 is 0 Å². The maximum atomic E-state index is 8.81. The first-order valence-corrected chi connectivity index (χ1v) is 10.4. The minimum Gasteiger partial charge on any atom is -0.481 e. The van der Waals surface area contributed by atoms with E-state index in [0.717, 1.165) is 23.7 Å². The maximum absolute atomic E-state index is 8.81. The largest absolute Gasteiger partial charge is 0.481 e. The third-order valence-electron chi connectivity index (χ3n) is 3.26. The highest BCUT2D eigenvalue weighted by Gasteiger charge is 2.11. The highest BCUT2D eigenvalue weighted by Crippen LogP contribution is 2.20. The van der Waals surface area contributed by atoms with Crippen LogP contribution in [0.1, 0.15) is 18.1 Å². The summed E-state index contributed by atoms with van der Waals surface area (Å²) in [5.74, 6) is 2.43. The topological polar surface area (TPSA) is 155 Å². The molecule has 2 aromatic rings. The van der Waals surface area contributed by atoms with Crippen molar-refractivity contribution in [2.75, 3.05) is 38.9 Å². The van der Waals surface area contributed by atoms with E-state index in [1.165, 1.54) is 18.1 Å². The maximum Gasteiger partial charge on any atom is 0.229 e. The molecule has 3 N–H and O–H groups in total. The molecule has 0 aliphatic carbocycles. The van der Waals surface area contributed by atoms with Crippen LogP contribution in [-0.4, -0.2) is 68.1 Å². The number of anilines is 1. The lowest BCUT2D eigenvalue weighted by Gasteiger charge is -2.12. The van der Waals surface area contributed by atoms with Crippen LogP contribution in [0.15, 0.2) is 35.5 Å². The lowest BCUT2D eigenvalue weighted by Crippen LogP contribution is -2.08. The lowest BCUT2D eigenvalue weighted by atomic mass is 10.1. The summed E-state index contributed by atoms with van der Waals surface area (Å²) in [6.45, 7) is 6.26. The van der Waals surface area contributed by atoms with Crippen LogP contribution in [0.5, 0.6) is 11.8 Å². The molecule has 11 nitrogen and oxygen atoms in total. The van der Waals surface area contributed by atoms with E-state index in [1.54, 1.807) is 39.1 Å². The van der Waals surface area contributed by atoms with Gasteiger partial charge < -0.3 is 35.0 Å². The second-order valence-electron chi connectivity index (χ2n) is 5.29. The molecular weight excluding hydrogens is 450 g/mol. The van der Waals surface area contributed by atoms with Crippen molar-refractivity contribution in [2.45, 2.75) is 13.8 Å². The molecular formula is C21H31N5O6S. The number of primary amides is 1. The first-order chi connectivity index (χ1) is 16.0. The molecule has 0 saturated carbocycles. The number of nitrogens with two attached hydrogens (primary N) is 1. The molecule has 0 unspecified atom stereocenters. The van der Waals surface area contributed by atoms with E-state index >= 15 is 0 Å². The van der Waals surface area contributed by atoms with E-state index in [0.29, 0.717) is 17.7 Å². The molecule has 0 atom stereocenters. The summed E-state index contributed by atoms with van der Waals surface area (Å²) in [6, 6.07) is 9.84. The summed E-state index contributed by atoms with van der Waals surface area (Å²) in [7, 11) is 4.82. The summed E-state index contributed by atoms with van der Waals surface area (Å²) >= 11 is 1.76. The van der Waals surface area contributed by atoms with Crippen molar-refractivity contribution in [1.29, 1.82) is 0 Å². The van der Waals surface area contributed by atoms with Crippen LogP contribution < -0.4 is 20.5 Å². The van der Waals surface area contributed by atoms with Crippen molar-refractivity contribution in [3.8, 4) is 11.8 Å². The van der Waals surface area contributed by atoms with Gasteiger partial charge in [-0.05, 0) is 19.4 Å². The summed E-state index contributed by atoms with van der Waals surface area (Å²) in [6.07, 6.45) is 1.00. The van der Waals surface area contributed by atoms with Crippen LogP contribution in [0.3, 0.4) is 0 Å². The van der Waals surface area contributed by atoms with Gasteiger partial charge in [0.2, 0.25) is 24.1 Å². The molecule has 1 aliphatic rings. The molecule has 12 heteroatoms. The second-order valence-corrected chi connectivity index (χ2v) is 6.37. The number of aromatic nitrogens is 2. The Bertz CT molecular complexity index is 777. The molecule has 0 radical (unpaired) electrons. The van der Waals surface area contributed by atoms with E-state index in [9.17, 15) is 0 Å². The number of nitrogens with one attached hydrogen (secondary N) is 1. The number of rotatable bonds is 4. The number of methoxy groups -OCH3 is 2. The van der Waals surface area contributed by atoms with Crippen LogP contribution in [0.25, 0.3) is 0 Å². The van der Waals surface area contributed by atoms with Gasteiger partial charge in [0.25, 0.3) is 0 Å². The third-order valence-corrected chi connectivity index (χ3v) is 4.20. The Morgan fingerprint density at radius 2 is 1.67 bits per heavy atom. The number of amides is 1. The number of aldehydes is 1. The summed E-state index contributed by atoms with van der Waals surface area (Å²) < 4.78 is 9.86. The van der Waals surface area contributed by atoms with Crippen molar-refractivity contribution >= 4 is 42.2 Å². The van der Waals surface area contributed by atoms with Gasteiger partial charge in [-0.15, -0.1) is 0 Å². The van der Waals surface area contributed by atoms with Crippen LogP contribution in [-0.2, 0) is 19.2 Å². The first-order valence-electron chi connectivity index (χ1n) is 9.38. The highest BCUT2D eigenvalue weighted by molar-refractivity contribution is 8.14. The van der Waals surface area contributed by atoms with Crippen molar-refractivity contribution < 1.29 is 28.7 Å². The average molecular weight is 482 g/mol. The van der Waals surface area contributed by atoms with Crippen LogP contribution in [0.2, 0.25) is 0 Å². The fraction of sp³-hybridized carbons (Fsp3) is 0.333. The molecule has 182 valence electrons. The zero-order valence-corrected chi connectivity index (χ0v) is 20.3. The van der Waals surface area contributed by atoms with Crippen molar-refractivity contribution in [1.82, 2.24) is 9.97 Å². The van der Waals surface area contributed by atoms with Crippen LogP contribution in [0, 0.1) is 6.92 Å². The smallest absolute Gasteiger partial charge is 0.229 e. The second kappa shape index (κ2) is 21.6. The van der Waals surface area contributed by atoms with Gasteiger partial charge in [-0.1, -0.05) is 41.2 Å². The highest BCUT2D eigenvalue weighted by atomic mass is 32.2. The van der Waals surface area contributed by atoms with E-state index in [2.05, 4.69) is 45.2 Å². The summed E-state index contributed by atoms with van der Waals surface area (Å²) in [5, 5.41) is 7.84. The molecule has 0 fully saturated rings. The molecule has 33 heavy (non-hydrogen) atoms. The lowest BCUT2D eigenvalue weighted by molar-refractivity contribution is -0.107. The number of carbonyl (C=O) groups excluding carboxylic acids is 3.